The van der Waals surface area contributed by atoms with Gasteiger partial charge in [0.25, 0.3) is 5.91 Å². The Labute approximate surface area is 193 Å². The van der Waals surface area contributed by atoms with Crippen LogP contribution in [0, 0.1) is 6.92 Å². The zero-order chi connectivity index (χ0) is 23.0. The molecule has 4 rings (SSSR count). The van der Waals surface area contributed by atoms with E-state index >= 15 is 0 Å². The lowest BCUT2D eigenvalue weighted by Crippen LogP contribution is -2.22. The summed E-state index contributed by atoms with van der Waals surface area (Å²) in [6.45, 7) is 2.31. The fraction of sp³-hybridized carbons (Fsp3) is 0.130. The van der Waals surface area contributed by atoms with Crippen LogP contribution in [0.2, 0.25) is 0 Å². The van der Waals surface area contributed by atoms with Crippen molar-refractivity contribution in [2.75, 3.05) is 5.32 Å². The van der Waals surface area contributed by atoms with Crippen LogP contribution in [0.3, 0.4) is 0 Å². The first-order chi connectivity index (χ1) is 16.1. The first-order valence-electron chi connectivity index (χ1n) is 10.0. The van der Waals surface area contributed by atoms with Gasteiger partial charge in [0.05, 0.1) is 5.56 Å². The van der Waals surface area contributed by atoms with Crippen molar-refractivity contribution in [2.24, 2.45) is 0 Å². The lowest BCUT2D eigenvalue weighted by molar-refractivity contribution is 0.0471. The van der Waals surface area contributed by atoms with Crippen LogP contribution in [-0.2, 0) is 17.9 Å². The van der Waals surface area contributed by atoms with Crippen molar-refractivity contribution in [1.82, 2.24) is 25.5 Å². The van der Waals surface area contributed by atoms with E-state index in [0.717, 1.165) is 22.5 Å². The molecule has 0 fully saturated rings. The number of amides is 1. The molecule has 0 saturated heterocycles. The molecule has 2 aromatic carbocycles. The van der Waals surface area contributed by atoms with E-state index in [0.29, 0.717) is 28.8 Å². The molecule has 0 radical (unpaired) electrons. The van der Waals surface area contributed by atoms with Gasteiger partial charge in [0.2, 0.25) is 11.0 Å². The smallest absolute Gasteiger partial charge is 0.338 e. The molecular formula is C23H20N6O3S. The number of hydrogen-bond donors (Lipinski definition) is 2. The molecule has 0 atom stereocenters. The Morgan fingerprint density at radius 1 is 1.00 bits per heavy atom. The predicted molar refractivity (Wildman–Crippen MR) is 123 cm³/mol. The largest absolute Gasteiger partial charge is 0.455 e. The molecule has 0 aliphatic heterocycles. The summed E-state index contributed by atoms with van der Waals surface area (Å²) < 4.78 is 5.33. The van der Waals surface area contributed by atoms with Crippen molar-refractivity contribution in [3.05, 3.63) is 93.7 Å². The van der Waals surface area contributed by atoms with Gasteiger partial charge in [-0.2, -0.15) is 0 Å². The normalized spacial score (nSPS) is 10.5. The van der Waals surface area contributed by atoms with Crippen LogP contribution >= 0.6 is 11.3 Å². The van der Waals surface area contributed by atoms with Gasteiger partial charge in [0.15, 0.2) is 5.01 Å². The zero-order valence-electron chi connectivity index (χ0n) is 17.7. The van der Waals surface area contributed by atoms with Gasteiger partial charge < -0.3 is 15.4 Å². The van der Waals surface area contributed by atoms with E-state index in [9.17, 15) is 9.59 Å². The number of carbonyl (C=O) groups is 2. The van der Waals surface area contributed by atoms with Crippen molar-refractivity contribution < 1.29 is 14.3 Å². The van der Waals surface area contributed by atoms with Gasteiger partial charge in [-0.05, 0) is 36.8 Å². The van der Waals surface area contributed by atoms with Crippen LogP contribution in [0.25, 0.3) is 0 Å². The maximum Gasteiger partial charge on any atom is 0.338 e. The second-order valence-electron chi connectivity index (χ2n) is 7.02. The molecular weight excluding hydrogens is 440 g/mol. The SMILES string of the molecule is Cc1ccc(CNC(=O)c2nnc(COC(=O)c3cccc(Nc4ncccn4)c3)s2)cc1. The molecule has 9 nitrogen and oxygen atoms in total. The van der Waals surface area contributed by atoms with Gasteiger partial charge in [0.1, 0.15) is 6.61 Å². The molecule has 4 aromatic rings. The van der Waals surface area contributed by atoms with Crippen molar-refractivity contribution in [3.63, 3.8) is 0 Å². The molecule has 2 N–H and O–H groups in total. The van der Waals surface area contributed by atoms with Gasteiger partial charge in [-0.25, -0.2) is 14.8 Å². The third kappa shape index (κ3) is 6.17. The number of anilines is 2. The minimum absolute atomic E-state index is 0.0821. The number of rotatable bonds is 8. The standard InChI is InChI=1S/C23H20N6O3S/c1-15-6-8-16(9-7-15)13-26-20(30)21-29-28-19(33-21)14-32-22(31)17-4-2-5-18(12-17)27-23-24-10-3-11-25-23/h2-12H,13-14H2,1H3,(H,26,30)(H,24,25,27). The Morgan fingerprint density at radius 3 is 2.58 bits per heavy atom. The zero-order valence-corrected chi connectivity index (χ0v) is 18.5. The number of nitrogens with one attached hydrogen (secondary N) is 2. The summed E-state index contributed by atoms with van der Waals surface area (Å²) in [5.41, 5.74) is 3.15. The molecule has 166 valence electrons. The van der Waals surface area contributed by atoms with E-state index in [1.807, 2.05) is 31.2 Å². The van der Waals surface area contributed by atoms with Gasteiger partial charge >= 0.3 is 5.97 Å². The summed E-state index contributed by atoms with van der Waals surface area (Å²) in [6, 6.07) is 16.4. The van der Waals surface area contributed by atoms with E-state index in [1.54, 1.807) is 42.7 Å². The Hall–Kier alpha value is -4.18. The molecule has 1 amide bonds. The molecule has 10 heteroatoms. The topological polar surface area (TPSA) is 119 Å². The highest BCUT2D eigenvalue weighted by molar-refractivity contribution is 7.13. The molecule has 0 bridgehead atoms. The number of carbonyl (C=O) groups excluding carboxylic acids is 2. The van der Waals surface area contributed by atoms with Crippen LogP contribution in [0.4, 0.5) is 11.6 Å². The highest BCUT2D eigenvalue weighted by Crippen LogP contribution is 2.17. The molecule has 0 spiro atoms. The molecule has 0 unspecified atom stereocenters. The summed E-state index contributed by atoms with van der Waals surface area (Å²) in [5.74, 6) is -0.425. The highest BCUT2D eigenvalue weighted by Gasteiger charge is 2.15. The van der Waals surface area contributed by atoms with Crippen LogP contribution in [0.5, 0.6) is 0 Å². The quantitative estimate of drug-likeness (QED) is 0.382. The Morgan fingerprint density at radius 2 is 1.79 bits per heavy atom. The molecule has 0 aliphatic rings. The summed E-state index contributed by atoms with van der Waals surface area (Å²) in [6.07, 6.45) is 3.24. The van der Waals surface area contributed by atoms with Gasteiger partial charge in [-0.3, -0.25) is 4.79 Å². The maximum absolute atomic E-state index is 12.4. The highest BCUT2D eigenvalue weighted by atomic mass is 32.1. The summed E-state index contributed by atoms with van der Waals surface area (Å²) >= 11 is 1.08. The van der Waals surface area contributed by atoms with E-state index in [1.165, 1.54) is 0 Å². The number of aryl methyl sites for hydroxylation is 1. The minimum atomic E-state index is -0.520. The average molecular weight is 461 g/mol. The molecule has 2 aromatic heterocycles. The third-order valence-corrected chi connectivity index (χ3v) is 5.38. The fourth-order valence-electron chi connectivity index (χ4n) is 2.79. The van der Waals surface area contributed by atoms with Crippen LogP contribution in [0.15, 0.2) is 67.0 Å². The Balaban J connectivity index is 1.29. The monoisotopic (exact) mass is 460 g/mol. The summed E-state index contributed by atoms with van der Waals surface area (Å²) in [7, 11) is 0. The first kappa shape index (κ1) is 22.0. The number of aromatic nitrogens is 4. The number of ether oxygens (including phenoxy) is 1. The van der Waals surface area contributed by atoms with Crippen LogP contribution in [0.1, 0.15) is 36.3 Å². The lowest BCUT2D eigenvalue weighted by Gasteiger charge is -2.06. The van der Waals surface area contributed by atoms with Gasteiger partial charge in [-0.15, -0.1) is 10.2 Å². The number of nitrogens with zero attached hydrogens (tertiary/aromatic N) is 4. The second kappa shape index (κ2) is 10.4. The average Bonchev–Trinajstić information content (AvgIpc) is 3.32. The molecule has 2 heterocycles. The number of benzene rings is 2. The third-order valence-electron chi connectivity index (χ3n) is 4.48. The minimum Gasteiger partial charge on any atom is -0.455 e. The fourth-order valence-corrected chi connectivity index (χ4v) is 3.46. The predicted octanol–water partition coefficient (Wildman–Crippen LogP) is 3.67. The van der Waals surface area contributed by atoms with Crippen molar-refractivity contribution in [1.29, 1.82) is 0 Å². The van der Waals surface area contributed by atoms with E-state index in [2.05, 4.69) is 30.8 Å². The lowest BCUT2D eigenvalue weighted by atomic mass is 10.1. The van der Waals surface area contributed by atoms with Gasteiger partial charge in [0, 0.05) is 24.6 Å². The second-order valence-corrected chi connectivity index (χ2v) is 8.09. The molecule has 33 heavy (non-hydrogen) atoms. The Bertz CT molecular complexity index is 1240. The number of hydrogen-bond acceptors (Lipinski definition) is 9. The Kier molecular flexibility index (Phi) is 6.96. The van der Waals surface area contributed by atoms with Crippen molar-refractivity contribution in [2.45, 2.75) is 20.1 Å². The van der Waals surface area contributed by atoms with E-state index in [-0.39, 0.29) is 17.5 Å². The number of esters is 1. The maximum atomic E-state index is 12.4. The van der Waals surface area contributed by atoms with E-state index in [4.69, 9.17) is 4.74 Å². The van der Waals surface area contributed by atoms with Gasteiger partial charge in [-0.1, -0.05) is 47.2 Å². The van der Waals surface area contributed by atoms with Crippen molar-refractivity contribution in [3.8, 4) is 0 Å². The van der Waals surface area contributed by atoms with Crippen LogP contribution in [-0.4, -0.2) is 32.0 Å². The molecule has 0 aliphatic carbocycles. The summed E-state index contributed by atoms with van der Waals surface area (Å²) in [4.78, 5) is 32.9. The van der Waals surface area contributed by atoms with Crippen molar-refractivity contribution >= 4 is 34.8 Å². The molecule has 0 saturated carbocycles. The first-order valence-corrected chi connectivity index (χ1v) is 10.9. The van der Waals surface area contributed by atoms with Crippen LogP contribution < -0.4 is 10.6 Å². The van der Waals surface area contributed by atoms with E-state index < -0.39 is 5.97 Å². The summed E-state index contributed by atoms with van der Waals surface area (Å²) in [5, 5.41) is 14.3.